The first-order valence-corrected chi connectivity index (χ1v) is 7.12. The van der Waals surface area contributed by atoms with E-state index in [1.54, 1.807) is 12.1 Å². The molecule has 0 aliphatic carbocycles. The summed E-state index contributed by atoms with van der Waals surface area (Å²) in [6.07, 6.45) is 3.60. The summed E-state index contributed by atoms with van der Waals surface area (Å²) in [5.74, 6) is 0. The van der Waals surface area contributed by atoms with Gasteiger partial charge in [0.25, 0.3) is 5.69 Å². The van der Waals surface area contributed by atoms with Crippen LogP contribution in [0.1, 0.15) is 38.7 Å². The second-order valence-corrected chi connectivity index (χ2v) is 6.44. The molecule has 0 amide bonds. The van der Waals surface area contributed by atoms with Crippen LogP contribution in [0.2, 0.25) is 0 Å². The van der Waals surface area contributed by atoms with Gasteiger partial charge in [-0.2, -0.15) is 0 Å². The zero-order chi connectivity index (χ0) is 14.8. The van der Waals surface area contributed by atoms with Crippen LogP contribution in [-0.2, 0) is 6.54 Å². The Morgan fingerprint density at radius 3 is 2.80 bits per heavy atom. The number of hydrogen-bond acceptors (Lipinski definition) is 4. The number of benzene rings is 1. The van der Waals surface area contributed by atoms with E-state index in [4.69, 9.17) is 5.73 Å². The van der Waals surface area contributed by atoms with E-state index in [0.29, 0.717) is 5.41 Å². The molecule has 1 aromatic carbocycles. The van der Waals surface area contributed by atoms with E-state index in [9.17, 15) is 10.1 Å². The summed E-state index contributed by atoms with van der Waals surface area (Å²) in [5, 5.41) is 10.9. The average Bonchev–Trinajstić information content (AvgIpc) is 2.53. The second kappa shape index (κ2) is 5.79. The second-order valence-electron chi connectivity index (χ2n) is 6.44. The summed E-state index contributed by atoms with van der Waals surface area (Å²) in [7, 11) is 0. The van der Waals surface area contributed by atoms with E-state index < -0.39 is 4.92 Å². The minimum atomic E-state index is -0.412. The molecule has 1 aliphatic heterocycles. The van der Waals surface area contributed by atoms with Gasteiger partial charge >= 0.3 is 0 Å². The molecule has 0 atom stereocenters. The van der Waals surface area contributed by atoms with Crippen molar-refractivity contribution in [3.8, 4) is 0 Å². The Labute approximate surface area is 119 Å². The van der Waals surface area contributed by atoms with Crippen molar-refractivity contribution in [1.29, 1.82) is 0 Å². The standard InChI is InChI=1S/C15H23N3O2/c1-15(2)6-3-8-17(9-7-15)11-12-4-5-13(16)14(10-12)18(19)20/h4-5,10H,3,6-9,11,16H2,1-2H3. The first-order valence-electron chi connectivity index (χ1n) is 7.12. The van der Waals surface area contributed by atoms with E-state index in [1.807, 2.05) is 6.07 Å². The number of nitrogens with zero attached hydrogens (tertiary/aromatic N) is 2. The van der Waals surface area contributed by atoms with Gasteiger partial charge in [-0.3, -0.25) is 15.0 Å². The summed E-state index contributed by atoms with van der Waals surface area (Å²) in [5.41, 5.74) is 7.24. The lowest BCUT2D eigenvalue weighted by atomic mass is 9.85. The highest BCUT2D eigenvalue weighted by Gasteiger charge is 2.23. The highest BCUT2D eigenvalue weighted by molar-refractivity contribution is 5.59. The molecule has 0 unspecified atom stereocenters. The molecule has 110 valence electrons. The van der Waals surface area contributed by atoms with Gasteiger partial charge < -0.3 is 5.73 Å². The number of likely N-dealkylation sites (tertiary alicyclic amines) is 1. The van der Waals surface area contributed by atoms with Crippen LogP contribution >= 0.6 is 0 Å². The Morgan fingerprint density at radius 1 is 1.35 bits per heavy atom. The molecule has 0 saturated carbocycles. The molecule has 0 aromatic heterocycles. The van der Waals surface area contributed by atoms with E-state index in [0.717, 1.165) is 25.2 Å². The molecule has 1 fully saturated rings. The molecular formula is C15H23N3O2. The van der Waals surface area contributed by atoms with Crippen LogP contribution in [0.15, 0.2) is 18.2 Å². The van der Waals surface area contributed by atoms with Gasteiger partial charge in [0.1, 0.15) is 5.69 Å². The van der Waals surface area contributed by atoms with E-state index in [2.05, 4.69) is 18.7 Å². The van der Waals surface area contributed by atoms with Crippen LogP contribution in [-0.4, -0.2) is 22.9 Å². The van der Waals surface area contributed by atoms with Crippen LogP contribution in [0.3, 0.4) is 0 Å². The topological polar surface area (TPSA) is 72.4 Å². The van der Waals surface area contributed by atoms with Crippen molar-refractivity contribution in [2.75, 3.05) is 18.8 Å². The summed E-state index contributed by atoms with van der Waals surface area (Å²) >= 11 is 0. The quantitative estimate of drug-likeness (QED) is 0.523. The number of nitro groups is 1. The molecular weight excluding hydrogens is 254 g/mol. The molecule has 5 nitrogen and oxygen atoms in total. The van der Waals surface area contributed by atoms with Gasteiger partial charge in [0.05, 0.1) is 4.92 Å². The fourth-order valence-electron chi connectivity index (χ4n) is 2.74. The predicted octanol–water partition coefficient (Wildman–Crippen LogP) is 3.19. The zero-order valence-electron chi connectivity index (χ0n) is 12.3. The molecule has 1 heterocycles. The van der Waals surface area contributed by atoms with Crippen molar-refractivity contribution in [2.24, 2.45) is 5.41 Å². The highest BCUT2D eigenvalue weighted by Crippen LogP contribution is 2.30. The number of anilines is 1. The van der Waals surface area contributed by atoms with E-state index >= 15 is 0 Å². The monoisotopic (exact) mass is 277 g/mol. The Morgan fingerprint density at radius 2 is 2.10 bits per heavy atom. The van der Waals surface area contributed by atoms with Gasteiger partial charge in [-0.25, -0.2) is 0 Å². The molecule has 2 N–H and O–H groups in total. The third kappa shape index (κ3) is 3.70. The minimum Gasteiger partial charge on any atom is -0.393 e. The Hall–Kier alpha value is -1.62. The maximum absolute atomic E-state index is 10.9. The smallest absolute Gasteiger partial charge is 0.292 e. The van der Waals surface area contributed by atoms with Crippen LogP contribution in [0.5, 0.6) is 0 Å². The van der Waals surface area contributed by atoms with Gasteiger partial charge in [0.15, 0.2) is 0 Å². The van der Waals surface area contributed by atoms with Crippen molar-refractivity contribution in [1.82, 2.24) is 4.90 Å². The fraction of sp³-hybridized carbons (Fsp3) is 0.600. The molecule has 0 radical (unpaired) electrons. The number of nitrogen functional groups attached to an aromatic ring is 1. The third-order valence-corrected chi connectivity index (χ3v) is 4.13. The summed E-state index contributed by atoms with van der Waals surface area (Å²) < 4.78 is 0. The Balaban J connectivity index is 2.06. The van der Waals surface area contributed by atoms with Crippen molar-refractivity contribution >= 4 is 11.4 Å². The summed E-state index contributed by atoms with van der Waals surface area (Å²) in [6, 6.07) is 5.12. The predicted molar refractivity (Wildman–Crippen MR) is 80.4 cm³/mol. The lowest BCUT2D eigenvalue weighted by molar-refractivity contribution is -0.384. The lowest BCUT2D eigenvalue weighted by Gasteiger charge is -2.23. The molecule has 1 aliphatic rings. The third-order valence-electron chi connectivity index (χ3n) is 4.13. The number of hydrogen-bond donors (Lipinski definition) is 1. The van der Waals surface area contributed by atoms with Crippen LogP contribution in [0.25, 0.3) is 0 Å². The van der Waals surface area contributed by atoms with Crippen LogP contribution in [0.4, 0.5) is 11.4 Å². The van der Waals surface area contributed by atoms with Gasteiger partial charge in [0, 0.05) is 12.6 Å². The summed E-state index contributed by atoms with van der Waals surface area (Å²) in [4.78, 5) is 12.9. The molecule has 2 rings (SSSR count). The van der Waals surface area contributed by atoms with Crippen LogP contribution < -0.4 is 5.73 Å². The maximum atomic E-state index is 10.9. The van der Waals surface area contributed by atoms with Gasteiger partial charge in [-0.15, -0.1) is 0 Å². The zero-order valence-corrected chi connectivity index (χ0v) is 12.3. The fourth-order valence-corrected chi connectivity index (χ4v) is 2.74. The molecule has 0 spiro atoms. The SMILES string of the molecule is CC1(C)CCCN(Cc2ccc(N)c([N+](=O)[O-])c2)CC1. The Bertz CT molecular complexity index is 500. The van der Waals surface area contributed by atoms with Crippen molar-refractivity contribution in [2.45, 2.75) is 39.7 Å². The number of nitrogens with two attached hydrogens (primary N) is 1. The lowest BCUT2D eigenvalue weighted by Crippen LogP contribution is -2.25. The molecule has 1 aromatic rings. The first kappa shape index (κ1) is 14.8. The van der Waals surface area contributed by atoms with Gasteiger partial charge in [-0.05, 0) is 49.4 Å². The maximum Gasteiger partial charge on any atom is 0.292 e. The van der Waals surface area contributed by atoms with E-state index in [1.165, 1.54) is 19.3 Å². The van der Waals surface area contributed by atoms with E-state index in [-0.39, 0.29) is 11.4 Å². The van der Waals surface area contributed by atoms with Crippen LogP contribution in [0, 0.1) is 15.5 Å². The molecule has 1 saturated heterocycles. The van der Waals surface area contributed by atoms with Gasteiger partial charge in [0.2, 0.25) is 0 Å². The largest absolute Gasteiger partial charge is 0.393 e. The Kier molecular flexibility index (Phi) is 4.28. The van der Waals surface area contributed by atoms with Crippen molar-refractivity contribution in [3.63, 3.8) is 0 Å². The van der Waals surface area contributed by atoms with Crippen molar-refractivity contribution < 1.29 is 4.92 Å². The number of rotatable bonds is 3. The first-order chi connectivity index (χ1) is 9.37. The molecule has 0 bridgehead atoms. The minimum absolute atomic E-state index is 0.0117. The molecule has 20 heavy (non-hydrogen) atoms. The normalized spacial score (nSPS) is 19.5. The molecule has 5 heteroatoms. The van der Waals surface area contributed by atoms with Crippen molar-refractivity contribution in [3.05, 3.63) is 33.9 Å². The summed E-state index contributed by atoms with van der Waals surface area (Å²) in [6.45, 7) is 7.49. The van der Waals surface area contributed by atoms with Gasteiger partial charge in [-0.1, -0.05) is 19.9 Å². The number of nitro benzene ring substituents is 1. The highest BCUT2D eigenvalue weighted by atomic mass is 16.6. The average molecular weight is 277 g/mol.